The third-order valence-corrected chi connectivity index (χ3v) is 3.51. The molecule has 0 radical (unpaired) electrons. The van der Waals surface area contributed by atoms with Gasteiger partial charge < -0.3 is 5.32 Å². The Labute approximate surface area is 100 Å². The van der Waals surface area contributed by atoms with Crippen molar-refractivity contribution < 1.29 is 0 Å². The highest BCUT2D eigenvalue weighted by molar-refractivity contribution is 9.10. The van der Waals surface area contributed by atoms with E-state index in [1.54, 1.807) is 0 Å². The highest BCUT2D eigenvalue weighted by atomic mass is 79.9. The van der Waals surface area contributed by atoms with Gasteiger partial charge in [-0.05, 0) is 32.0 Å². The van der Waals surface area contributed by atoms with Crippen molar-refractivity contribution in [1.82, 2.24) is 5.32 Å². The van der Waals surface area contributed by atoms with Crippen LogP contribution in [0.1, 0.15) is 30.5 Å². The van der Waals surface area contributed by atoms with E-state index in [0.29, 0.717) is 6.04 Å². The zero-order valence-corrected chi connectivity index (χ0v) is 11.0. The molecular formula is C13H16BrN. The molecule has 0 aliphatic carbocycles. The number of halogens is 1. The minimum Gasteiger partial charge on any atom is -0.312 e. The summed E-state index contributed by atoms with van der Waals surface area (Å²) in [5.74, 6) is 6.04. The fraction of sp³-hybridized carbons (Fsp3) is 0.385. The van der Waals surface area contributed by atoms with Gasteiger partial charge in [-0.1, -0.05) is 34.1 Å². The average Bonchev–Trinajstić information content (AvgIpc) is 2.25. The van der Waals surface area contributed by atoms with E-state index in [-0.39, 0.29) is 0 Å². The van der Waals surface area contributed by atoms with Gasteiger partial charge in [-0.15, -0.1) is 11.8 Å². The van der Waals surface area contributed by atoms with Crippen LogP contribution in [0.4, 0.5) is 0 Å². The van der Waals surface area contributed by atoms with Gasteiger partial charge in [0.2, 0.25) is 0 Å². The van der Waals surface area contributed by atoms with Crippen LogP contribution in [0, 0.1) is 18.8 Å². The van der Waals surface area contributed by atoms with Gasteiger partial charge in [0.25, 0.3) is 0 Å². The van der Waals surface area contributed by atoms with Crippen LogP contribution in [0.3, 0.4) is 0 Å². The van der Waals surface area contributed by atoms with Crippen LogP contribution in [-0.2, 0) is 0 Å². The molecule has 0 spiro atoms. The van der Waals surface area contributed by atoms with Crippen LogP contribution < -0.4 is 5.32 Å². The molecular weight excluding hydrogens is 250 g/mol. The maximum absolute atomic E-state index is 3.63. The van der Waals surface area contributed by atoms with E-state index in [1.807, 2.05) is 14.0 Å². The third-order valence-electron chi connectivity index (χ3n) is 2.43. The molecule has 1 rings (SSSR count). The predicted molar refractivity (Wildman–Crippen MR) is 68.7 cm³/mol. The fourth-order valence-electron chi connectivity index (χ4n) is 1.51. The van der Waals surface area contributed by atoms with Gasteiger partial charge in [-0.2, -0.15) is 0 Å². The lowest BCUT2D eigenvalue weighted by Crippen LogP contribution is -2.16. The lowest BCUT2D eigenvalue weighted by Gasteiger charge is -2.16. The molecule has 0 bridgehead atoms. The van der Waals surface area contributed by atoms with E-state index in [0.717, 1.165) is 6.42 Å². The van der Waals surface area contributed by atoms with Gasteiger partial charge in [0.15, 0.2) is 0 Å². The molecule has 80 valence electrons. The Morgan fingerprint density at radius 3 is 2.80 bits per heavy atom. The normalized spacial score (nSPS) is 11.7. The van der Waals surface area contributed by atoms with Crippen molar-refractivity contribution in [3.8, 4) is 11.8 Å². The molecule has 0 amide bonds. The van der Waals surface area contributed by atoms with Crippen molar-refractivity contribution in [3.05, 3.63) is 33.8 Å². The Morgan fingerprint density at radius 1 is 1.47 bits per heavy atom. The van der Waals surface area contributed by atoms with Gasteiger partial charge in [0, 0.05) is 16.9 Å². The van der Waals surface area contributed by atoms with E-state index in [1.165, 1.54) is 15.6 Å². The summed E-state index contributed by atoms with van der Waals surface area (Å²) in [5, 5.41) is 3.29. The van der Waals surface area contributed by atoms with Crippen LogP contribution in [0.5, 0.6) is 0 Å². The molecule has 1 aromatic carbocycles. The molecule has 0 saturated carbocycles. The monoisotopic (exact) mass is 265 g/mol. The Balaban J connectivity index is 2.99. The third kappa shape index (κ3) is 3.09. The molecule has 0 saturated heterocycles. The second-order valence-electron chi connectivity index (χ2n) is 3.45. The maximum atomic E-state index is 3.63. The van der Waals surface area contributed by atoms with E-state index in [2.05, 4.69) is 58.2 Å². The molecule has 1 atom stereocenters. The molecule has 1 aromatic rings. The highest BCUT2D eigenvalue weighted by Crippen LogP contribution is 2.27. The second kappa shape index (κ2) is 5.95. The van der Waals surface area contributed by atoms with E-state index >= 15 is 0 Å². The largest absolute Gasteiger partial charge is 0.312 e. The van der Waals surface area contributed by atoms with Crippen LogP contribution in [0.2, 0.25) is 0 Å². The van der Waals surface area contributed by atoms with Crippen LogP contribution in [0.25, 0.3) is 0 Å². The number of hydrogen-bond acceptors (Lipinski definition) is 1. The van der Waals surface area contributed by atoms with Crippen molar-refractivity contribution in [2.75, 3.05) is 7.05 Å². The van der Waals surface area contributed by atoms with Gasteiger partial charge in [0.1, 0.15) is 0 Å². The number of benzene rings is 1. The zero-order chi connectivity index (χ0) is 11.3. The fourth-order valence-corrected chi connectivity index (χ4v) is 2.05. The molecule has 2 heteroatoms. The molecule has 0 aliphatic heterocycles. The summed E-state index contributed by atoms with van der Waals surface area (Å²) in [6.07, 6.45) is 0.842. The molecule has 0 fully saturated rings. The van der Waals surface area contributed by atoms with Crippen molar-refractivity contribution in [2.24, 2.45) is 0 Å². The van der Waals surface area contributed by atoms with Crippen molar-refractivity contribution in [1.29, 1.82) is 0 Å². The molecule has 15 heavy (non-hydrogen) atoms. The molecule has 0 aromatic heterocycles. The smallest absolute Gasteiger partial charge is 0.0439 e. The Hall–Kier alpha value is -0.780. The van der Waals surface area contributed by atoms with Gasteiger partial charge in [-0.3, -0.25) is 0 Å². The van der Waals surface area contributed by atoms with Gasteiger partial charge >= 0.3 is 0 Å². The standard InChI is InChI=1S/C13H16BrN/c1-4-5-9-12(15-3)11-8-6-7-10(2)13(11)14/h6-8,12,15H,9H2,1-3H3. The number of rotatable bonds is 3. The average molecular weight is 266 g/mol. The first-order chi connectivity index (χ1) is 7.20. The van der Waals surface area contributed by atoms with E-state index < -0.39 is 0 Å². The maximum Gasteiger partial charge on any atom is 0.0439 e. The lowest BCUT2D eigenvalue weighted by molar-refractivity contribution is 0.608. The summed E-state index contributed by atoms with van der Waals surface area (Å²) in [6, 6.07) is 6.62. The SMILES string of the molecule is CC#CCC(NC)c1cccc(C)c1Br. The number of nitrogens with one attached hydrogen (secondary N) is 1. The van der Waals surface area contributed by atoms with Crippen LogP contribution >= 0.6 is 15.9 Å². The summed E-state index contributed by atoms with van der Waals surface area (Å²) in [4.78, 5) is 0. The summed E-state index contributed by atoms with van der Waals surface area (Å²) < 4.78 is 1.18. The van der Waals surface area contributed by atoms with Gasteiger partial charge in [-0.25, -0.2) is 0 Å². The first kappa shape index (κ1) is 12.3. The van der Waals surface area contributed by atoms with E-state index in [4.69, 9.17) is 0 Å². The second-order valence-corrected chi connectivity index (χ2v) is 4.24. The lowest BCUT2D eigenvalue weighted by atomic mass is 10.0. The number of aryl methyl sites for hydroxylation is 1. The molecule has 0 heterocycles. The first-order valence-corrected chi connectivity index (χ1v) is 5.82. The summed E-state index contributed by atoms with van der Waals surface area (Å²) in [5.41, 5.74) is 2.54. The summed E-state index contributed by atoms with van der Waals surface area (Å²) >= 11 is 3.63. The Bertz CT molecular complexity index is 387. The van der Waals surface area contributed by atoms with Crippen molar-refractivity contribution >= 4 is 15.9 Å². The molecule has 1 nitrogen and oxygen atoms in total. The van der Waals surface area contributed by atoms with Gasteiger partial charge in [0.05, 0.1) is 0 Å². The van der Waals surface area contributed by atoms with Crippen molar-refractivity contribution in [3.63, 3.8) is 0 Å². The Morgan fingerprint density at radius 2 is 2.20 bits per heavy atom. The van der Waals surface area contributed by atoms with E-state index in [9.17, 15) is 0 Å². The van der Waals surface area contributed by atoms with Crippen LogP contribution in [-0.4, -0.2) is 7.05 Å². The minimum absolute atomic E-state index is 0.298. The minimum atomic E-state index is 0.298. The first-order valence-electron chi connectivity index (χ1n) is 5.02. The van der Waals surface area contributed by atoms with Crippen molar-refractivity contribution in [2.45, 2.75) is 26.3 Å². The topological polar surface area (TPSA) is 12.0 Å². The highest BCUT2D eigenvalue weighted by Gasteiger charge is 2.11. The zero-order valence-electron chi connectivity index (χ0n) is 9.39. The molecule has 0 aliphatic rings. The summed E-state index contributed by atoms with van der Waals surface area (Å²) in [6.45, 7) is 3.98. The van der Waals surface area contributed by atoms with Crippen LogP contribution in [0.15, 0.2) is 22.7 Å². The Kier molecular flexibility index (Phi) is 4.87. The molecule has 1 unspecified atom stereocenters. The predicted octanol–water partition coefficient (Wildman–Crippen LogP) is 3.43. The quantitative estimate of drug-likeness (QED) is 0.826. The number of hydrogen-bond donors (Lipinski definition) is 1. The summed E-state index contributed by atoms with van der Waals surface area (Å²) in [7, 11) is 1.97. The molecule has 1 N–H and O–H groups in total.